The second-order valence-corrected chi connectivity index (χ2v) is 4.98. The van der Waals surface area contributed by atoms with E-state index in [1.54, 1.807) is 0 Å². The number of rotatable bonds is 8. The van der Waals surface area contributed by atoms with E-state index in [4.69, 9.17) is 15.9 Å². The first kappa shape index (κ1) is 15.4. The lowest BCUT2D eigenvalue weighted by Crippen LogP contribution is -2.51. The molecule has 0 aromatic rings. The van der Waals surface area contributed by atoms with E-state index in [0.717, 1.165) is 39.0 Å². The van der Waals surface area contributed by atoms with Crippen LogP contribution in [-0.2, 0) is 4.79 Å². The average molecular weight is 259 g/mol. The van der Waals surface area contributed by atoms with Gasteiger partial charge in [-0.1, -0.05) is 0 Å². The van der Waals surface area contributed by atoms with Crippen LogP contribution in [-0.4, -0.2) is 66.5 Å². The van der Waals surface area contributed by atoms with E-state index in [1.165, 1.54) is 0 Å². The van der Waals surface area contributed by atoms with Crippen molar-refractivity contribution in [2.45, 2.75) is 25.3 Å². The van der Waals surface area contributed by atoms with Crippen molar-refractivity contribution in [3.8, 4) is 0 Å². The van der Waals surface area contributed by atoms with E-state index in [-0.39, 0.29) is 18.9 Å². The summed E-state index contributed by atoms with van der Waals surface area (Å²) in [6, 6.07) is 0.307. The maximum Gasteiger partial charge on any atom is 0.303 e. The van der Waals surface area contributed by atoms with Gasteiger partial charge in [-0.15, -0.1) is 0 Å². The second-order valence-electron chi connectivity index (χ2n) is 4.98. The maximum atomic E-state index is 10.8. The fraction of sp³-hybridized carbons (Fsp3) is 0.917. The number of carboxylic acids is 1. The van der Waals surface area contributed by atoms with Crippen LogP contribution < -0.4 is 11.1 Å². The molecular formula is C12H25N3O3. The Morgan fingerprint density at radius 1 is 1.44 bits per heavy atom. The van der Waals surface area contributed by atoms with Gasteiger partial charge in [0.1, 0.15) is 0 Å². The number of nitrogens with zero attached hydrogens (tertiary/aromatic N) is 1. The molecule has 0 bridgehead atoms. The zero-order valence-electron chi connectivity index (χ0n) is 10.8. The van der Waals surface area contributed by atoms with Crippen molar-refractivity contribution in [2.75, 3.05) is 39.3 Å². The minimum atomic E-state index is -0.733. The molecular weight excluding hydrogens is 234 g/mol. The first-order valence-corrected chi connectivity index (χ1v) is 6.64. The Labute approximate surface area is 108 Å². The SMILES string of the molecule is NCCN1CC(CC(=O)O)CC(NCCCO)C1. The molecule has 0 radical (unpaired) electrons. The first-order valence-electron chi connectivity index (χ1n) is 6.64. The molecule has 2 unspecified atom stereocenters. The largest absolute Gasteiger partial charge is 0.481 e. The number of nitrogens with one attached hydrogen (secondary N) is 1. The zero-order valence-corrected chi connectivity index (χ0v) is 10.8. The molecule has 106 valence electrons. The summed E-state index contributed by atoms with van der Waals surface area (Å²) in [5.41, 5.74) is 5.56. The number of likely N-dealkylation sites (tertiary alicyclic amines) is 1. The van der Waals surface area contributed by atoms with E-state index in [9.17, 15) is 4.79 Å². The third-order valence-corrected chi connectivity index (χ3v) is 3.29. The van der Waals surface area contributed by atoms with Gasteiger partial charge < -0.3 is 26.2 Å². The Balaban J connectivity index is 2.42. The number of piperidine rings is 1. The fourth-order valence-electron chi connectivity index (χ4n) is 2.60. The Kier molecular flexibility index (Phi) is 7.19. The van der Waals surface area contributed by atoms with Crippen molar-refractivity contribution in [3.05, 3.63) is 0 Å². The number of aliphatic carboxylic acids is 1. The monoisotopic (exact) mass is 259 g/mol. The van der Waals surface area contributed by atoms with Crippen molar-refractivity contribution < 1.29 is 15.0 Å². The van der Waals surface area contributed by atoms with Crippen molar-refractivity contribution in [1.82, 2.24) is 10.2 Å². The van der Waals surface area contributed by atoms with Gasteiger partial charge in [0, 0.05) is 45.2 Å². The molecule has 1 heterocycles. The van der Waals surface area contributed by atoms with Gasteiger partial charge in [-0.05, 0) is 25.3 Å². The van der Waals surface area contributed by atoms with Crippen LogP contribution in [0.2, 0.25) is 0 Å². The summed E-state index contributed by atoms with van der Waals surface area (Å²) in [4.78, 5) is 13.0. The zero-order chi connectivity index (χ0) is 13.4. The summed E-state index contributed by atoms with van der Waals surface area (Å²) >= 11 is 0. The normalized spacial score (nSPS) is 25.2. The molecule has 0 aromatic heterocycles. The lowest BCUT2D eigenvalue weighted by molar-refractivity contribution is -0.138. The summed E-state index contributed by atoms with van der Waals surface area (Å²) in [7, 11) is 0. The minimum absolute atomic E-state index is 0.185. The number of hydrogen-bond donors (Lipinski definition) is 4. The highest BCUT2D eigenvalue weighted by molar-refractivity contribution is 5.67. The number of aliphatic hydroxyl groups excluding tert-OH is 1. The summed E-state index contributed by atoms with van der Waals surface area (Å²) in [6.07, 6.45) is 1.84. The van der Waals surface area contributed by atoms with E-state index < -0.39 is 5.97 Å². The molecule has 6 heteroatoms. The summed E-state index contributed by atoms with van der Waals surface area (Å²) < 4.78 is 0. The van der Waals surface area contributed by atoms with E-state index in [0.29, 0.717) is 12.6 Å². The smallest absolute Gasteiger partial charge is 0.303 e. The van der Waals surface area contributed by atoms with Crippen LogP contribution >= 0.6 is 0 Å². The van der Waals surface area contributed by atoms with Crippen LogP contribution in [0.1, 0.15) is 19.3 Å². The number of aliphatic hydroxyl groups is 1. The molecule has 0 aliphatic carbocycles. The van der Waals surface area contributed by atoms with Gasteiger partial charge >= 0.3 is 5.97 Å². The number of nitrogens with two attached hydrogens (primary N) is 1. The van der Waals surface area contributed by atoms with E-state index in [2.05, 4.69) is 10.2 Å². The highest BCUT2D eigenvalue weighted by atomic mass is 16.4. The summed E-state index contributed by atoms with van der Waals surface area (Å²) in [5.74, 6) is -0.543. The Morgan fingerprint density at radius 2 is 2.22 bits per heavy atom. The molecule has 0 spiro atoms. The molecule has 1 aliphatic heterocycles. The highest BCUT2D eigenvalue weighted by Gasteiger charge is 2.27. The average Bonchev–Trinajstić information content (AvgIpc) is 2.28. The van der Waals surface area contributed by atoms with Gasteiger partial charge in [-0.25, -0.2) is 0 Å². The minimum Gasteiger partial charge on any atom is -0.481 e. The fourth-order valence-corrected chi connectivity index (χ4v) is 2.60. The van der Waals surface area contributed by atoms with Crippen LogP contribution in [0, 0.1) is 5.92 Å². The number of carboxylic acid groups (broad SMARTS) is 1. The third kappa shape index (κ3) is 5.77. The predicted molar refractivity (Wildman–Crippen MR) is 69.3 cm³/mol. The first-order chi connectivity index (χ1) is 8.65. The standard InChI is InChI=1S/C12H25N3O3/c13-2-4-15-8-10(7-12(17)18)6-11(9-15)14-3-1-5-16/h10-11,14,16H,1-9,13H2,(H,17,18). The van der Waals surface area contributed by atoms with Crippen LogP contribution in [0.25, 0.3) is 0 Å². The lowest BCUT2D eigenvalue weighted by atomic mass is 9.91. The molecule has 6 nitrogen and oxygen atoms in total. The van der Waals surface area contributed by atoms with Gasteiger partial charge in [-0.3, -0.25) is 4.79 Å². The predicted octanol–water partition coefficient (Wildman–Crippen LogP) is -0.918. The van der Waals surface area contributed by atoms with E-state index >= 15 is 0 Å². The summed E-state index contributed by atoms with van der Waals surface area (Å²) in [5, 5.41) is 21.0. The highest BCUT2D eigenvalue weighted by Crippen LogP contribution is 2.19. The molecule has 1 aliphatic rings. The Morgan fingerprint density at radius 3 is 2.83 bits per heavy atom. The van der Waals surface area contributed by atoms with Crippen LogP contribution in [0.5, 0.6) is 0 Å². The topological polar surface area (TPSA) is 98.8 Å². The van der Waals surface area contributed by atoms with Gasteiger partial charge in [0.25, 0.3) is 0 Å². The molecule has 5 N–H and O–H groups in total. The van der Waals surface area contributed by atoms with Crippen molar-refractivity contribution in [3.63, 3.8) is 0 Å². The Bertz CT molecular complexity index is 251. The van der Waals surface area contributed by atoms with Crippen LogP contribution in [0.3, 0.4) is 0 Å². The van der Waals surface area contributed by atoms with Gasteiger partial charge in [0.2, 0.25) is 0 Å². The van der Waals surface area contributed by atoms with Crippen molar-refractivity contribution >= 4 is 5.97 Å². The van der Waals surface area contributed by atoms with Crippen LogP contribution in [0.15, 0.2) is 0 Å². The lowest BCUT2D eigenvalue weighted by Gasteiger charge is -2.37. The van der Waals surface area contributed by atoms with Crippen molar-refractivity contribution in [2.24, 2.45) is 11.7 Å². The maximum absolute atomic E-state index is 10.8. The summed E-state index contributed by atoms with van der Waals surface area (Å²) in [6.45, 7) is 4.11. The third-order valence-electron chi connectivity index (χ3n) is 3.29. The van der Waals surface area contributed by atoms with Crippen molar-refractivity contribution in [1.29, 1.82) is 0 Å². The number of carbonyl (C=O) groups is 1. The number of hydrogen-bond acceptors (Lipinski definition) is 5. The molecule has 0 amide bonds. The molecule has 18 heavy (non-hydrogen) atoms. The van der Waals surface area contributed by atoms with Gasteiger partial charge in [0.05, 0.1) is 0 Å². The van der Waals surface area contributed by atoms with E-state index in [1.807, 2.05) is 0 Å². The quantitative estimate of drug-likeness (QED) is 0.421. The van der Waals surface area contributed by atoms with Gasteiger partial charge in [0.15, 0.2) is 0 Å². The van der Waals surface area contributed by atoms with Gasteiger partial charge in [-0.2, -0.15) is 0 Å². The molecule has 2 atom stereocenters. The van der Waals surface area contributed by atoms with Crippen LogP contribution in [0.4, 0.5) is 0 Å². The molecule has 1 fully saturated rings. The molecule has 0 aromatic carbocycles. The Hall–Kier alpha value is -0.690. The molecule has 1 rings (SSSR count). The second kappa shape index (κ2) is 8.42. The molecule has 0 saturated carbocycles. The molecule has 1 saturated heterocycles.